The molecule has 0 aliphatic heterocycles. The molecular weight excluding hydrogens is 238 g/mol. The molecule has 0 bridgehead atoms. The maximum absolute atomic E-state index is 11.8. The number of thiophene rings is 1. The van der Waals surface area contributed by atoms with Crippen molar-refractivity contribution in [1.29, 1.82) is 0 Å². The van der Waals surface area contributed by atoms with Gasteiger partial charge in [-0.2, -0.15) is 5.10 Å². The molecule has 2 rings (SSSR count). The van der Waals surface area contributed by atoms with Crippen LogP contribution in [-0.4, -0.2) is 23.2 Å². The van der Waals surface area contributed by atoms with E-state index in [1.54, 1.807) is 18.6 Å². The first-order valence-corrected chi connectivity index (χ1v) is 6.09. The van der Waals surface area contributed by atoms with Crippen molar-refractivity contribution in [3.8, 4) is 5.75 Å². The maximum atomic E-state index is 11.8. The van der Waals surface area contributed by atoms with Crippen LogP contribution in [0.15, 0.2) is 17.5 Å². The van der Waals surface area contributed by atoms with E-state index in [9.17, 15) is 4.79 Å². The number of H-pyrrole nitrogens is 1. The second kappa shape index (κ2) is 5.01. The first kappa shape index (κ1) is 11.7. The molecule has 0 saturated heterocycles. The van der Waals surface area contributed by atoms with Gasteiger partial charge in [0.25, 0.3) is 5.91 Å². The van der Waals surface area contributed by atoms with Crippen LogP contribution in [0.2, 0.25) is 0 Å². The van der Waals surface area contributed by atoms with E-state index >= 15 is 0 Å². The zero-order chi connectivity index (χ0) is 12.3. The zero-order valence-electron chi connectivity index (χ0n) is 9.61. The number of rotatable bonds is 4. The van der Waals surface area contributed by atoms with E-state index in [0.717, 1.165) is 12.1 Å². The van der Waals surface area contributed by atoms with Crippen LogP contribution in [0.4, 0.5) is 5.82 Å². The largest absolute Gasteiger partial charge is 0.496 e. The van der Waals surface area contributed by atoms with Crippen LogP contribution in [0.25, 0.3) is 0 Å². The molecular formula is C11H13N3O2S. The molecule has 17 heavy (non-hydrogen) atoms. The Morgan fingerprint density at radius 2 is 2.41 bits per heavy atom. The van der Waals surface area contributed by atoms with Crippen LogP contribution >= 0.6 is 11.3 Å². The summed E-state index contributed by atoms with van der Waals surface area (Å²) in [5.41, 5.74) is 0.990. The molecule has 0 aliphatic carbocycles. The fraction of sp³-hybridized carbons (Fsp3) is 0.273. The first-order chi connectivity index (χ1) is 8.22. The number of anilines is 1. The second-order valence-electron chi connectivity index (χ2n) is 3.44. The molecule has 0 aliphatic rings. The molecule has 0 saturated carbocycles. The van der Waals surface area contributed by atoms with Crippen LogP contribution in [-0.2, 0) is 6.42 Å². The number of carbonyl (C=O) groups excluding carboxylic acids is 1. The number of amides is 1. The van der Waals surface area contributed by atoms with Gasteiger partial charge in [-0.05, 0) is 6.42 Å². The number of nitrogens with one attached hydrogen (secondary N) is 2. The third kappa shape index (κ3) is 2.65. The molecule has 0 unspecified atom stereocenters. The Morgan fingerprint density at radius 1 is 1.59 bits per heavy atom. The Bertz CT molecular complexity index is 518. The highest BCUT2D eigenvalue weighted by Crippen LogP contribution is 2.21. The molecule has 5 nitrogen and oxygen atoms in total. The van der Waals surface area contributed by atoms with Gasteiger partial charge in [0.1, 0.15) is 5.75 Å². The van der Waals surface area contributed by atoms with Crippen molar-refractivity contribution in [1.82, 2.24) is 10.2 Å². The van der Waals surface area contributed by atoms with E-state index in [0.29, 0.717) is 16.4 Å². The van der Waals surface area contributed by atoms with Crippen molar-refractivity contribution >= 4 is 23.1 Å². The quantitative estimate of drug-likeness (QED) is 0.876. The standard InChI is InChI=1S/C11H13N3O2S/c1-3-7-4-10(14-13-7)12-11(15)9-5-8(16-2)6-17-9/h4-6H,3H2,1-2H3,(H2,12,13,14,15). The topological polar surface area (TPSA) is 67.0 Å². The predicted molar refractivity (Wildman–Crippen MR) is 66.8 cm³/mol. The van der Waals surface area contributed by atoms with E-state index in [4.69, 9.17) is 4.74 Å². The molecule has 2 heterocycles. The molecule has 2 aromatic heterocycles. The molecule has 0 radical (unpaired) electrons. The highest BCUT2D eigenvalue weighted by molar-refractivity contribution is 7.12. The SMILES string of the molecule is CCc1cc(NC(=O)c2cc(OC)cs2)n[nH]1. The number of aryl methyl sites for hydroxylation is 1. The van der Waals surface area contributed by atoms with Crippen molar-refractivity contribution < 1.29 is 9.53 Å². The lowest BCUT2D eigenvalue weighted by atomic mass is 10.3. The summed E-state index contributed by atoms with van der Waals surface area (Å²) in [6, 6.07) is 3.52. The van der Waals surface area contributed by atoms with Gasteiger partial charge in [0.15, 0.2) is 5.82 Å². The lowest BCUT2D eigenvalue weighted by Crippen LogP contribution is -2.10. The molecule has 0 spiro atoms. The fourth-order valence-corrected chi connectivity index (χ4v) is 2.08. The summed E-state index contributed by atoms with van der Waals surface area (Å²) in [6.45, 7) is 2.02. The van der Waals surface area contributed by atoms with Crippen LogP contribution < -0.4 is 10.1 Å². The fourth-order valence-electron chi connectivity index (χ4n) is 1.33. The summed E-state index contributed by atoms with van der Waals surface area (Å²) in [5, 5.41) is 11.4. The van der Waals surface area contributed by atoms with E-state index in [-0.39, 0.29) is 5.91 Å². The number of aromatic nitrogens is 2. The predicted octanol–water partition coefficient (Wildman–Crippen LogP) is 2.29. The number of methoxy groups -OCH3 is 1. The average Bonchev–Trinajstić information content (AvgIpc) is 2.96. The summed E-state index contributed by atoms with van der Waals surface area (Å²) in [7, 11) is 1.57. The highest BCUT2D eigenvalue weighted by Gasteiger charge is 2.11. The number of carbonyl (C=O) groups is 1. The van der Waals surface area contributed by atoms with Crippen molar-refractivity contribution in [3.05, 3.63) is 28.1 Å². The molecule has 1 amide bonds. The minimum atomic E-state index is -0.174. The Kier molecular flexibility index (Phi) is 3.43. The summed E-state index contributed by atoms with van der Waals surface area (Å²) in [5.74, 6) is 1.06. The Balaban J connectivity index is 2.05. The maximum Gasteiger partial charge on any atom is 0.267 e. The minimum Gasteiger partial charge on any atom is -0.496 e. The highest BCUT2D eigenvalue weighted by atomic mass is 32.1. The summed E-state index contributed by atoms with van der Waals surface area (Å²) >= 11 is 1.34. The normalized spacial score (nSPS) is 10.2. The number of hydrogen-bond donors (Lipinski definition) is 2. The molecule has 0 atom stereocenters. The van der Waals surface area contributed by atoms with E-state index in [1.165, 1.54) is 11.3 Å². The molecule has 2 N–H and O–H groups in total. The molecule has 90 valence electrons. The van der Waals surface area contributed by atoms with Gasteiger partial charge in [0.05, 0.1) is 12.0 Å². The van der Waals surface area contributed by atoms with Crippen molar-refractivity contribution in [2.45, 2.75) is 13.3 Å². The van der Waals surface area contributed by atoms with Gasteiger partial charge < -0.3 is 10.1 Å². The van der Waals surface area contributed by atoms with E-state index < -0.39 is 0 Å². The Hall–Kier alpha value is -1.82. The minimum absolute atomic E-state index is 0.174. The molecule has 6 heteroatoms. The first-order valence-electron chi connectivity index (χ1n) is 5.21. The average molecular weight is 251 g/mol. The summed E-state index contributed by atoms with van der Waals surface area (Å²) < 4.78 is 5.03. The second-order valence-corrected chi connectivity index (χ2v) is 4.35. The van der Waals surface area contributed by atoms with Crippen LogP contribution in [0.1, 0.15) is 22.3 Å². The summed E-state index contributed by atoms with van der Waals surface area (Å²) in [6.07, 6.45) is 0.857. The molecule has 2 aromatic rings. The number of ether oxygens (including phenoxy) is 1. The van der Waals surface area contributed by atoms with Gasteiger partial charge in [-0.25, -0.2) is 0 Å². The monoisotopic (exact) mass is 251 g/mol. The van der Waals surface area contributed by atoms with Gasteiger partial charge in [-0.1, -0.05) is 6.92 Å². The van der Waals surface area contributed by atoms with E-state index in [1.807, 2.05) is 13.0 Å². The van der Waals surface area contributed by atoms with Crippen molar-refractivity contribution in [2.24, 2.45) is 0 Å². The Morgan fingerprint density at radius 3 is 3.00 bits per heavy atom. The number of hydrogen-bond acceptors (Lipinski definition) is 4. The van der Waals surface area contributed by atoms with Crippen LogP contribution in [0.3, 0.4) is 0 Å². The van der Waals surface area contributed by atoms with E-state index in [2.05, 4.69) is 15.5 Å². The Labute approximate surface area is 103 Å². The van der Waals surface area contributed by atoms with Gasteiger partial charge in [-0.3, -0.25) is 9.89 Å². The van der Waals surface area contributed by atoms with Crippen molar-refractivity contribution in [2.75, 3.05) is 12.4 Å². The lowest BCUT2D eigenvalue weighted by Gasteiger charge is -1.97. The third-order valence-corrected chi connectivity index (χ3v) is 3.20. The summed E-state index contributed by atoms with van der Waals surface area (Å²) in [4.78, 5) is 12.4. The molecule has 0 aromatic carbocycles. The number of aromatic amines is 1. The molecule has 0 fully saturated rings. The van der Waals surface area contributed by atoms with Gasteiger partial charge in [0, 0.05) is 23.2 Å². The lowest BCUT2D eigenvalue weighted by molar-refractivity contribution is 0.103. The third-order valence-electron chi connectivity index (χ3n) is 2.29. The number of nitrogens with zero attached hydrogens (tertiary/aromatic N) is 1. The van der Waals surface area contributed by atoms with Crippen LogP contribution in [0, 0.1) is 0 Å². The smallest absolute Gasteiger partial charge is 0.267 e. The van der Waals surface area contributed by atoms with Gasteiger partial charge in [-0.15, -0.1) is 11.3 Å². The van der Waals surface area contributed by atoms with Gasteiger partial charge >= 0.3 is 0 Å². The van der Waals surface area contributed by atoms with Crippen LogP contribution in [0.5, 0.6) is 5.75 Å². The van der Waals surface area contributed by atoms with Gasteiger partial charge in [0.2, 0.25) is 0 Å². The van der Waals surface area contributed by atoms with Crippen molar-refractivity contribution in [3.63, 3.8) is 0 Å². The zero-order valence-corrected chi connectivity index (χ0v) is 10.4.